The summed E-state index contributed by atoms with van der Waals surface area (Å²) in [4.78, 5) is 11.4. The van der Waals surface area contributed by atoms with E-state index in [2.05, 4.69) is 12.2 Å². The Morgan fingerprint density at radius 1 is 1.12 bits per heavy atom. The van der Waals surface area contributed by atoms with Crippen LogP contribution >= 0.6 is 0 Å². The van der Waals surface area contributed by atoms with Gasteiger partial charge in [-0.1, -0.05) is 13.8 Å². The molecule has 0 aromatic rings. The van der Waals surface area contributed by atoms with Crippen LogP contribution in [-0.2, 0) is 19.0 Å². The molecule has 0 heterocycles. The minimum atomic E-state index is -0.383. The Morgan fingerprint density at radius 2 is 1.82 bits per heavy atom. The van der Waals surface area contributed by atoms with Crippen molar-refractivity contribution < 1.29 is 19.0 Å². The Morgan fingerprint density at radius 3 is 2.41 bits per heavy atom. The molecule has 1 atom stereocenters. The molecule has 0 saturated heterocycles. The van der Waals surface area contributed by atoms with Gasteiger partial charge in [0.05, 0.1) is 26.9 Å². The molecule has 17 heavy (non-hydrogen) atoms. The van der Waals surface area contributed by atoms with Crippen LogP contribution in [0.1, 0.15) is 26.7 Å². The van der Waals surface area contributed by atoms with Gasteiger partial charge in [-0.15, -0.1) is 0 Å². The van der Waals surface area contributed by atoms with Gasteiger partial charge in [0.1, 0.15) is 6.04 Å². The van der Waals surface area contributed by atoms with Crippen molar-refractivity contribution in [1.82, 2.24) is 5.32 Å². The zero-order valence-electron chi connectivity index (χ0n) is 11.2. The van der Waals surface area contributed by atoms with Crippen molar-refractivity contribution in [3.05, 3.63) is 0 Å². The fraction of sp³-hybridized carbons (Fsp3) is 0.917. The number of esters is 1. The largest absolute Gasteiger partial charge is 0.468 e. The highest BCUT2D eigenvalue weighted by Crippen LogP contribution is 1.92. The minimum Gasteiger partial charge on any atom is -0.468 e. The summed E-state index contributed by atoms with van der Waals surface area (Å²) in [6, 6.07) is -0.383. The van der Waals surface area contributed by atoms with Crippen molar-refractivity contribution >= 4 is 5.97 Å². The summed E-state index contributed by atoms with van der Waals surface area (Å²) in [6.07, 6.45) is 1.97. The SMILES string of the molecule is CCCNC(COCCOCCC)C(=O)OC. The van der Waals surface area contributed by atoms with Gasteiger partial charge in [-0.3, -0.25) is 4.79 Å². The molecular formula is C12H25NO4. The Bertz CT molecular complexity index is 187. The molecule has 0 aliphatic carbocycles. The summed E-state index contributed by atoms with van der Waals surface area (Å²) in [5.74, 6) is -0.284. The van der Waals surface area contributed by atoms with Crippen LogP contribution < -0.4 is 5.32 Å². The highest BCUT2D eigenvalue weighted by Gasteiger charge is 2.17. The maximum absolute atomic E-state index is 11.4. The van der Waals surface area contributed by atoms with Gasteiger partial charge in [-0.2, -0.15) is 0 Å². The van der Waals surface area contributed by atoms with Crippen LogP contribution in [0, 0.1) is 0 Å². The standard InChI is InChI=1S/C12H25NO4/c1-4-6-13-11(12(14)15-3)10-17-9-8-16-7-5-2/h11,13H,4-10H2,1-3H3. The van der Waals surface area contributed by atoms with E-state index in [9.17, 15) is 4.79 Å². The van der Waals surface area contributed by atoms with Crippen LogP contribution in [0.4, 0.5) is 0 Å². The van der Waals surface area contributed by atoms with E-state index >= 15 is 0 Å². The molecule has 5 nitrogen and oxygen atoms in total. The number of carbonyl (C=O) groups excluding carboxylic acids is 1. The summed E-state index contributed by atoms with van der Waals surface area (Å²) in [6.45, 7) is 7.01. The average molecular weight is 247 g/mol. The van der Waals surface area contributed by atoms with Crippen molar-refractivity contribution in [1.29, 1.82) is 0 Å². The molecule has 0 aromatic heterocycles. The molecule has 102 valence electrons. The maximum Gasteiger partial charge on any atom is 0.325 e. The molecule has 0 saturated carbocycles. The third kappa shape index (κ3) is 9.09. The second-order valence-electron chi connectivity index (χ2n) is 3.72. The summed E-state index contributed by atoms with van der Waals surface area (Å²) in [7, 11) is 1.38. The molecule has 5 heteroatoms. The first-order chi connectivity index (χ1) is 8.26. The van der Waals surface area contributed by atoms with Crippen LogP contribution in [0.25, 0.3) is 0 Å². The van der Waals surface area contributed by atoms with Gasteiger partial charge in [0.25, 0.3) is 0 Å². The quantitative estimate of drug-likeness (QED) is 0.435. The first-order valence-electron chi connectivity index (χ1n) is 6.22. The van der Waals surface area contributed by atoms with E-state index in [1.54, 1.807) is 0 Å². The zero-order valence-corrected chi connectivity index (χ0v) is 11.2. The molecule has 0 radical (unpaired) electrons. The number of rotatable bonds is 11. The smallest absolute Gasteiger partial charge is 0.325 e. The Labute approximate surface area is 104 Å². The zero-order chi connectivity index (χ0) is 12.9. The van der Waals surface area contributed by atoms with E-state index < -0.39 is 0 Å². The fourth-order valence-corrected chi connectivity index (χ4v) is 1.24. The first kappa shape index (κ1) is 16.4. The van der Waals surface area contributed by atoms with Gasteiger partial charge in [-0.25, -0.2) is 0 Å². The molecule has 0 rings (SSSR count). The van der Waals surface area contributed by atoms with E-state index in [0.29, 0.717) is 19.8 Å². The number of nitrogens with one attached hydrogen (secondary N) is 1. The van der Waals surface area contributed by atoms with E-state index in [1.165, 1.54) is 7.11 Å². The van der Waals surface area contributed by atoms with Crippen molar-refractivity contribution in [2.75, 3.05) is 40.1 Å². The average Bonchev–Trinajstić information content (AvgIpc) is 2.36. The Balaban J connectivity index is 3.64. The van der Waals surface area contributed by atoms with E-state index in [4.69, 9.17) is 14.2 Å². The lowest BCUT2D eigenvalue weighted by Gasteiger charge is -2.16. The van der Waals surface area contributed by atoms with Crippen molar-refractivity contribution in [3.63, 3.8) is 0 Å². The lowest BCUT2D eigenvalue weighted by molar-refractivity contribution is -0.145. The molecule has 0 aromatic carbocycles. The first-order valence-corrected chi connectivity index (χ1v) is 6.22. The van der Waals surface area contributed by atoms with Gasteiger partial charge >= 0.3 is 5.97 Å². The number of ether oxygens (including phenoxy) is 3. The summed E-state index contributed by atoms with van der Waals surface area (Å²) in [5, 5.41) is 3.08. The summed E-state index contributed by atoms with van der Waals surface area (Å²) in [5.41, 5.74) is 0. The predicted octanol–water partition coefficient (Wildman–Crippen LogP) is 0.971. The lowest BCUT2D eigenvalue weighted by atomic mass is 10.3. The van der Waals surface area contributed by atoms with Crippen molar-refractivity contribution in [3.8, 4) is 0 Å². The molecule has 0 spiro atoms. The second-order valence-corrected chi connectivity index (χ2v) is 3.72. The van der Waals surface area contributed by atoms with Gasteiger partial charge in [0.15, 0.2) is 0 Å². The highest BCUT2D eigenvalue weighted by molar-refractivity contribution is 5.75. The molecule has 1 N–H and O–H groups in total. The Kier molecular flexibility index (Phi) is 11.4. The van der Waals surface area contributed by atoms with Crippen molar-refractivity contribution in [2.24, 2.45) is 0 Å². The summed E-state index contributed by atoms with van der Waals surface area (Å²) < 4.78 is 15.3. The second kappa shape index (κ2) is 11.8. The predicted molar refractivity (Wildman–Crippen MR) is 66.0 cm³/mol. The summed E-state index contributed by atoms with van der Waals surface area (Å²) >= 11 is 0. The van der Waals surface area contributed by atoms with E-state index in [-0.39, 0.29) is 12.0 Å². The number of hydrogen-bond acceptors (Lipinski definition) is 5. The lowest BCUT2D eigenvalue weighted by Crippen LogP contribution is -2.42. The fourth-order valence-electron chi connectivity index (χ4n) is 1.24. The van der Waals surface area contributed by atoms with E-state index in [1.807, 2.05) is 6.92 Å². The monoisotopic (exact) mass is 247 g/mol. The van der Waals surface area contributed by atoms with Crippen LogP contribution in [0.3, 0.4) is 0 Å². The molecule has 0 aliphatic rings. The molecule has 0 amide bonds. The highest BCUT2D eigenvalue weighted by atomic mass is 16.5. The minimum absolute atomic E-state index is 0.284. The van der Waals surface area contributed by atoms with Gasteiger partial charge < -0.3 is 19.5 Å². The number of hydrogen-bond donors (Lipinski definition) is 1. The molecule has 0 aliphatic heterocycles. The molecule has 0 bridgehead atoms. The topological polar surface area (TPSA) is 56.8 Å². The normalized spacial score (nSPS) is 12.4. The van der Waals surface area contributed by atoms with Crippen LogP contribution in [-0.4, -0.2) is 52.1 Å². The number of carbonyl (C=O) groups is 1. The van der Waals surface area contributed by atoms with Crippen molar-refractivity contribution in [2.45, 2.75) is 32.7 Å². The van der Waals surface area contributed by atoms with Crippen LogP contribution in [0.5, 0.6) is 0 Å². The molecular weight excluding hydrogens is 222 g/mol. The molecule has 1 unspecified atom stereocenters. The third-order valence-corrected chi connectivity index (χ3v) is 2.13. The third-order valence-electron chi connectivity index (χ3n) is 2.13. The Hall–Kier alpha value is -0.650. The van der Waals surface area contributed by atoms with Gasteiger partial charge in [0, 0.05) is 6.61 Å². The van der Waals surface area contributed by atoms with E-state index in [0.717, 1.165) is 26.0 Å². The number of methoxy groups -OCH3 is 1. The van der Waals surface area contributed by atoms with Crippen LogP contribution in [0.2, 0.25) is 0 Å². The van der Waals surface area contributed by atoms with Gasteiger partial charge in [-0.05, 0) is 19.4 Å². The molecule has 0 fully saturated rings. The van der Waals surface area contributed by atoms with Gasteiger partial charge in [0.2, 0.25) is 0 Å². The maximum atomic E-state index is 11.4. The van der Waals surface area contributed by atoms with Crippen LogP contribution in [0.15, 0.2) is 0 Å².